The second kappa shape index (κ2) is 5.66. The van der Waals surface area contributed by atoms with Gasteiger partial charge in [0.05, 0.1) is 17.0 Å². The van der Waals surface area contributed by atoms with Crippen LogP contribution in [-0.2, 0) is 10.0 Å². The first kappa shape index (κ1) is 14.6. The average Bonchev–Trinajstić information content (AvgIpc) is 2.91. The van der Waals surface area contributed by atoms with Crippen LogP contribution in [0, 0.1) is 0 Å². The molecule has 0 aliphatic carbocycles. The van der Waals surface area contributed by atoms with Gasteiger partial charge in [0.1, 0.15) is 5.75 Å². The Morgan fingerprint density at radius 3 is 2.74 bits per heavy atom. The minimum atomic E-state index is -3.52. The lowest BCUT2D eigenvalue weighted by Gasteiger charge is -2.23. The summed E-state index contributed by atoms with van der Waals surface area (Å²) in [6.07, 6.45) is 0.819. The fourth-order valence-corrected chi connectivity index (χ4v) is 3.85. The lowest BCUT2D eigenvalue weighted by Crippen LogP contribution is -2.38. The predicted molar refractivity (Wildman–Crippen MR) is 74.2 cm³/mol. The van der Waals surface area contributed by atoms with Crippen molar-refractivity contribution in [1.82, 2.24) is 9.62 Å². The smallest absolute Gasteiger partial charge is 0.243 e. The summed E-state index contributed by atoms with van der Waals surface area (Å²) in [5.41, 5.74) is 0. The van der Waals surface area contributed by atoms with Crippen molar-refractivity contribution in [2.24, 2.45) is 0 Å². The minimum Gasteiger partial charge on any atom is -0.495 e. The Hall–Kier alpha value is -0.820. The molecule has 19 heavy (non-hydrogen) atoms. The predicted octanol–water partition coefficient (Wildman–Crippen LogP) is 1.33. The third-order valence-corrected chi connectivity index (χ3v) is 5.55. The van der Waals surface area contributed by atoms with Crippen molar-refractivity contribution in [2.75, 3.05) is 27.2 Å². The van der Waals surface area contributed by atoms with Crippen molar-refractivity contribution in [3.63, 3.8) is 0 Å². The van der Waals surface area contributed by atoms with Crippen molar-refractivity contribution in [1.29, 1.82) is 0 Å². The number of ether oxygens (including phenoxy) is 1. The van der Waals surface area contributed by atoms with Crippen LogP contribution in [0.3, 0.4) is 0 Å². The number of rotatable bonds is 4. The Bertz CT molecular complexity index is 556. The van der Waals surface area contributed by atoms with E-state index in [1.54, 1.807) is 13.1 Å². The number of nitrogens with one attached hydrogen (secondary N) is 1. The molecule has 0 amide bonds. The maximum Gasteiger partial charge on any atom is 0.243 e. The zero-order valence-corrected chi connectivity index (χ0v) is 12.5. The number of hydrogen-bond donors (Lipinski definition) is 1. The maximum absolute atomic E-state index is 12.5. The summed E-state index contributed by atoms with van der Waals surface area (Å²) in [5.74, 6) is 0.464. The fourth-order valence-electron chi connectivity index (χ4n) is 2.12. The highest BCUT2D eigenvalue weighted by Gasteiger charge is 2.30. The van der Waals surface area contributed by atoms with Crippen LogP contribution in [0.1, 0.15) is 6.42 Å². The van der Waals surface area contributed by atoms with Crippen LogP contribution < -0.4 is 10.1 Å². The molecule has 1 heterocycles. The van der Waals surface area contributed by atoms with Gasteiger partial charge < -0.3 is 10.1 Å². The Kier molecular flexibility index (Phi) is 4.35. The molecule has 7 heteroatoms. The number of sulfonamides is 1. The van der Waals surface area contributed by atoms with E-state index < -0.39 is 10.0 Å². The Morgan fingerprint density at radius 1 is 1.47 bits per heavy atom. The first-order valence-electron chi connectivity index (χ1n) is 5.99. The number of halogens is 1. The highest BCUT2D eigenvalue weighted by atomic mass is 35.5. The maximum atomic E-state index is 12.5. The van der Waals surface area contributed by atoms with Crippen molar-refractivity contribution >= 4 is 21.6 Å². The van der Waals surface area contributed by atoms with Crippen LogP contribution in [-0.4, -0.2) is 46.0 Å². The Labute approximate surface area is 118 Å². The summed E-state index contributed by atoms with van der Waals surface area (Å²) < 4.78 is 31.4. The molecule has 1 atom stereocenters. The first-order valence-corrected chi connectivity index (χ1v) is 7.81. The third kappa shape index (κ3) is 2.86. The van der Waals surface area contributed by atoms with Gasteiger partial charge in [0, 0.05) is 19.6 Å². The molecule has 1 fully saturated rings. The van der Waals surface area contributed by atoms with Gasteiger partial charge in [-0.15, -0.1) is 0 Å². The summed E-state index contributed by atoms with van der Waals surface area (Å²) in [4.78, 5) is 0.188. The second-order valence-corrected chi connectivity index (χ2v) is 6.87. The van der Waals surface area contributed by atoms with Crippen molar-refractivity contribution in [3.8, 4) is 5.75 Å². The van der Waals surface area contributed by atoms with Crippen LogP contribution in [0.25, 0.3) is 0 Å². The van der Waals surface area contributed by atoms with E-state index in [4.69, 9.17) is 16.3 Å². The fraction of sp³-hybridized carbons (Fsp3) is 0.500. The van der Waals surface area contributed by atoms with Gasteiger partial charge in [0.2, 0.25) is 10.0 Å². The minimum absolute atomic E-state index is 0.00845. The van der Waals surface area contributed by atoms with E-state index in [-0.39, 0.29) is 10.9 Å². The largest absolute Gasteiger partial charge is 0.495 e. The Balaban J connectivity index is 2.30. The summed E-state index contributed by atoms with van der Waals surface area (Å²) in [7, 11) is -0.422. The van der Waals surface area contributed by atoms with Crippen molar-refractivity contribution in [3.05, 3.63) is 23.2 Å². The average molecular weight is 305 g/mol. The topological polar surface area (TPSA) is 58.6 Å². The van der Waals surface area contributed by atoms with Gasteiger partial charge in [-0.1, -0.05) is 11.6 Å². The Morgan fingerprint density at radius 2 is 2.21 bits per heavy atom. The van der Waals surface area contributed by atoms with E-state index in [2.05, 4.69) is 5.32 Å². The zero-order chi connectivity index (χ0) is 14.0. The molecule has 1 unspecified atom stereocenters. The molecular formula is C12H17ClN2O3S. The van der Waals surface area contributed by atoms with E-state index in [0.29, 0.717) is 17.3 Å². The molecule has 0 spiro atoms. The second-order valence-electron chi connectivity index (χ2n) is 4.46. The van der Waals surface area contributed by atoms with Crippen LogP contribution in [0.2, 0.25) is 5.02 Å². The number of nitrogens with zero attached hydrogens (tertiary/aromatic N) is 1. The molecule has 0 aromatic heterocycles. The normalized spacial score (nSPS) is 19.9. The summed E-state index contributed by atoms with van der Waals surface area (Å²) in [5, 5.41) is 3.45. The van der Waals surface area contributed by atoms with Gasteiger partial charge in [0.15, 0.2) is 0 Å². The van der Waals surface area contributed by atoms with Gasteiger partial charge in [-0.2, -0.15) is 4.31 Å². The van der Waals surface area contributed by atoms with Crippen LogP contribution in [0.15, 0.2) is 23.1 Å². The third-order valence-electron chi connectivity index (χ3n) is 3.35. The van der Waals surface area contributed by atoms with Gasteiger partial charge in [-0.3, -0.25) is 0 Å². The molecule has 1 N–H and O–H groups in total. The van der Waals surface area contributed by atoms with E-state index in [1.165, 1.54) is 23.5 Å². The molecule has 1 aliphatic rings. The van der Waals surface area contributed by atoms with E-state index in [0.717, 1.165) is 13.0 Å². The van der Waals surface area contributed by atoms with E-state index in [1.807, 2.05) is 0 Å². The standard InChI is InChI=1S/C12H17ClN2O3S/c1-15(9-5-6-14-8-9)19(16,17)10-3-4-12(18-2)11(13)7-10/h3-4,7,9,14H,5-6,8H2,1-2H3. The highest BCUT2D eigenvalue weighted by molar-refractivity contribution is 7.89. The lowest BCUT2D eigenvalue weighted by atomic mass is 10.3. The van der Waals surface area contributed by atoms with Gasteiger partial charge in [0.25, 0.3) is 0 Å². The number of hydrogen-bond acceptors (Lipinski definition) is 4. The van der Waals surface area contributed by atoms with Gasteiger partial charge in [-0.25, -0.2) is 8.42 Å². The molecule has 1 aromatic rings. The lowest BCUT2D eigenvalue weighted by molar-refractivity contribution is 0.387. The van der Waals surface area contributed by atoms with Gasteiger partial charge >= 0.3 is 0 Å². The number of methoxy groups -OCH3 is 1. The molecule has 0 radical (unpaired) electrons. The molecule has 1 aromatic carbocycles. The molecule has 5 nitrogen and oxygen atoms in total. The quantitative estimate of drug-likeness (QED) is 0.912. The number of likely N-dealkylation sites (N-methyl/N-ethyl adjacent to an activating group) is 1. The monoisotopic (exact) mass is 304 g/mol. The molecule has 2 rings (SSSR count). The summed E-state index contributed by atoms with van der Waals surface area (Å²) in [6, 6.07) is 4.50. The molecule has 0 bridgehead atoms. The highest BCUT2D eigenvalue weighted by Crippen LogP contribution is 2.29. The first-order chi connectivity index (χ1) is 8.96. The zero-order valence-electron chi connectivity index (χ0n) is 10.9. The van der Waals surface area contributed by atoms with Crippen LogP contribution in [0.4, 0.5) is 0 Å². The van der Waals surface area contributed by atoms with E-state index >= 15 is 0 Å². The summed E-state index contributed by atoms with van der Waals surface area (Å²) in [6.45, 7) is 1.52. The SMILES string of the molecule is COc1ccc(S(=O)(=O)N(C)C2CCNC2)cc1Cl. The van der Waals surface area contributed by atoms with Gasteiger partial charge in [-0.05, 0) is 31.2 Å². The van der Waals surface area contributed by atoms with Crippen molar-refractivity contribution in [2.45, 2.75) is 17.4 Å². The van der Waals surface area contributed by atoms with E-state index in [9.17, 15) is 8.42 Å². The van der Waals surface area contributed by atoms with Crippen molar-refractivity contribution < 1.29 is 13.2 Å². The molecule has 106 valence electrons. The molecular weight excluding hydrogens is 288 g/mol. The summed E-state index contributed by atoms with van der Waals surface area (Å²) >= 11 is 5.98. The van der Waals surface area contributed by atoms with Crippen LogP contribution >= 0.6 is 11.6 Å². The molecule has 0 saturated carbocycles. The molecule has 1 saturated heterocycles. The van der Waals surface area contributed by atoms with Crippen LogP contribution in [0.5, 0.6) is 5.75 Å². The molecule has 1 aliphatic heterocycles. The number of benzene rings is 1.